The number of rotatable bonds is 9. The number of carboxylic acids is 1. The number of thiol groups is 1. The number of hydrogen-bond donors (Lipinski definition) is 3. The quantitative estimate of drug-likeness (QED) is 0.224. The Hall–Kier alpha value is -1.84. The zero-order valence-electron chi connectivity index (χ0n) is 10.1. The Kier molecular flexibility index (Phi) is 7.49. The van der Waals surface area contributed by atoms with Crippen LogP contribution in [0.4, 0.5) is 0 Å². The molecule has 2 N–H and O–H groups in total. The number of nitrogens with one attached hydrogen (secondary N) is 1. The zero-order valence-corrected chi connectivity index (χ0v) is 11.0. The first-order valence-electron chi connectivity index (χ1n) is 5.23. The first kappa shape index (κ1) is 17.2. The van der Waals surface area contributed by atoms with Gasteiger partial charge >= 0.3 is 5.97 Å². The van der Waals surface area contributed by atoms with Gasteiger partial charge in [-0.05, 0) is 6.42 Å². The van der Waals surface area contributed by atoms with Crippen LogP contribution in [0.3, 0.4) is 0 Å². The van der Waals surface area contributed by atoms with Crippen LogP contribution in [0.2, 0.25) is 0 Å². The molecule has 0 rings (SSSR count). The summed E-state index contributed by atoms with van der Waals surface area (Å²) in [5.41, 5.74) is 0. The fourth-order valence-electron chi connectivity index (χ4n) is 1.21. The number of carbonyl (C=O) groups is 3. The second-order valence-electron chi connectivity index (χ2n) is 3.59. The number of aliphatic carboxylic acids is 1. The van der Waals surface area contributed by atoms with Crippen LogP contribution in [-0.2, 0) is 19.2 Å². The molecule has 0 aliphatic heterocycles. The molecule has 0 bridgehead atoms. The SMILES string of the molecule is CC(=O)NC(C(=O)O)C(S)C(=O)CCCO[N+](=O)[O-]. The third kappa shape index (κ3) is 7.24. The van der Waals surface area contributed by atoms with Crippen molar-refractivity contribution in [3.05, 3.63) is 10.1 Å². The minimum atomic E-state index is -1.44. The van der Waals surface area contributed by atoms with Crippen LogP contribution < -0.4 is 5.32 Å². The molecule has 0 fully saturated rings. The van der Waals surface area contributed by atoms with E-state index in [1.165, 1.54) is 0 Å². The van der Waals surface area contributed by atoms with E-state index in [0.717, 1.165) is 6.92 Å². The fraction of sp³-hybridized carbons (Fsp3) is 0.667. The van der Waals surface area contributed by atoms with Gasteiger partial charge in [0.15, 0.2) is 0 Å². The van der Waals surface area contributed by atoms with Crippen LogP contribution in [0, 0.1) is 10.1 Å². The first-order valence-corrected chi connectivity index (χ1v) is 5.75. The maximum Gasteiger partial charge on any atom is 0.327 e. The van der Waals surface area contributed by atoms with E-state index < -0.39 is 34.0 Å². The number of Topliss-reactive ketones (excluding diaryl/α,β-unsaturated/α-hetero) is 1. The van der Waals surface area contributed by atoms with E-state index in [2.05, 4.69) is 22.8 Å². The van der Waals surface area contributed by atoms with Crippen LogP contribution >= 0.6 is 12.6 Å². The largest absolute Gasteiger partial charge is 0.480 e. The van der Waals surface area contributed by atoms with Gasteiger partial charge in [0.1, 0.15) is 11.8 Å². The lowest BCUT2D eigenvalue weighted by atomic mass is 10.1. The van der Waals surface area contributed by atoms with E-state index in [1.54, 1.807) is 0 Å². The predicted molar refractivity (Wildman–Crippen MR) is 65.2 cm³/mol. The highest BCUT2D eigenvalue weighted by molar-refractivity contribution is 7.82. The topological polar surface area (TPSA) is 136 Å². The van der Waals surface area contributed by atoms with Gasteiger partial charge in [0.25, 0.3) is 5.09 Å². The highest BCUT2D eigenvalue weighted by Gasteiger charge is 2.31. The number of carbonyl (C=O) groups excluding carboxylic acids is 2. The Morgan fingerprint density at radius 1 is 1.47 bits per heavy atom. The first-order chi connectivity index (χ1) is 8.75. The Bertz CT molecular complexity index is 374. The molecule has 0 aromatic heterocycles. The summed E-state index contributed by atoms with van der Waals surface area (Å²) in [5, 5.41) is 18.6. The molecule has 0 aromatic rings. The van der Waals surface area contributed by atoms with Crippen molar-refractivity contribution in [2.45, 2.75) is 31.1 Å². The number of hydrogen-bond acceptors (Lipinski definition) is 7. The lowest BCUT2D eigenvalue weighted by Gasteiger charge is -2.18. The average molecular weight is 294 g/mol. The summed E-state index contributed by atoms with van der Waals surface area (Å²) in [6, 6.07) is -1.44. The summed E-state index contributed by atoms with van der Waals surface area (Å²) in [6.45, 7) is 0.850. The maximum absolute atomic E-state index is 11.6. The normalized spacial score (nSPS) is 13.2. The molecule has 10 heteroatoms. The number of amides is 1. The monoisotopic (exact) mass is 294 g/mol. The van der Waals surface area contributed by atoms with Crippen LogP contribution in [0.25, 0.3) is 0 Å². The van der Waals surface area contributed by atoms with Gasteiger partial charge in [0.2, 0.25) is 5.91 Å². The number of carboxylic acid groups (broad SMARTS) is 1. The molecule has 0 aliphatic rings. The van der Waals surface area contributed by atoms with Crippen molar-refractivity contribution in [3.63, 3.8) is 0 Å². The molecule has 1 amide bonds. The summed E-state index contributed by atoms with van der Waals surface area (Å²) in [7, 11) is 0. The highest BCUT2D eigenvalue weighted by Crippen LogP contribution is 2.09. The molecule has 19 heavy (non-hydrogen) atoms. The predicted octanol–water partition coefficient (Wildman–Crippen LogP) is -0.568. The number of ketones is 1. The summed E-state index contributed by atoms with van der Waals surface area (Å²) >= 11 is 3.86. The summed E-state index contributed by atoms with van der Waals surface area (Å²) < 4.78 is 0. The Morgan fingerprint density at radius 2 is 2.05 bits per heavy atom. The van der Waals surface area contributed by atoms with Gasteiger partial charge in [-0.3, -0.25) is 9.59 Å². The van der Waals surface area contributed by atoms with Crippen molar-refractivity contribution in [2.75, 3.05) is 6.61 Å². The van der Waals surface area contributed by atoms with Crippen molar-refractivity contribution in [3.8, 4) is 0 Å². The average Bonchev–Trinajstić information content (AvgIpc) is 2.29. The van der Waals surface area contributed by atoms with E-state index in [-0.39, 0.29) is 19.4 Å². The molecule has 108 valence electrons. The van der Waals surface area contributed by atoms with E-state index in [4.69, 9.17) is 5.11 Å². The lowest BCUT2D eigenvalue weighted by molar-refractivity contribution is -0.757. The molecule has 2 unspecified atom stereocenters. The smallest absolute Gasteiger partial charge is 0.327 e. The van der Waals surface area contributed by atoms with E-state index in [1.807, 2.05) is 0 Å². The van der Waals surface area contributed by atoms with Gasteiger partial charge in [0, 0.05) is 13.3 Å². The maximum atomic E-state index is 11.6. The van der Waals surface area contributed by atoms with Gasteiger partial charge in [0.05, 0.1) is 11.9 Å². The second kappa shape index (κ2) is 8.29. The summed E-state index contributed by atoms with van der Waals surface area (Å²) in [6.07, 6.45) is -0.0747. The van der Waals surface area contributed by atoms with Crippen molar-refractivity contribution < 1.29 is 29.4 Å². The van der Waals surface area contributed by atoms with Crippen molar-refractivity contribution >= 4 is 30.3 Å². The second-order valence-corrected chi connectivity index (χ2v) is 4.14. The molecule has 0 spiro atoms. The Morgan fingerprint density at radius 3 is 2.47 bits per heavy atom. The third-order valence-electron chi connectivity index (χ3n) is 2.03. The van der Waals surface area contributed by atoms with Crippen LogP contribution in [-0.4, -0.2) is 45.8 Å². The van der Waals surface area contributed by atoms with Crippen LogP contribution in [0.15, 0.2) is 0 Å². The molecule has 0 radical (unpaired) electrons. The van der Waals surface area contributed by atoms with Gasteiger partial charge in [-0.2, -0.15) is 12.6 Å². The molecule has 0 aliphatic carbocycles. The zero-order chi connectivity index (χ0) is 15.0. The fourth-order valence-corrected chi connectivity index (χ4v) is 1.55. The van der Waals surface area contributed by atoms with Gasteiger partial charge in [-0.1, -0.05) is 0 Å². The van der Waals surface area contributed by atoms with Crippen LogP contribution in [0.5, 0.6) is 0 Å². The van der Waals surface area contributed by atoms with Crippen molar-refractivity contribution in [1.82, 2.24) is 5.32 Å². The third-order valence-corrected chi connectivity index (χ3v) is 2.62. The van der Waals surface area contributed by atoms with E-state index in [9.17, 15) is 24.5 Å². The highest BCUT2D eigenvalue weighted by atomic mass is 32.1. The molecule has 0 saturated carbocycles. The summed E-state index contributed by atoms with van der Waals surface area (Å²) in [4.78, 5) is 47.1. The van der Waals surface area contributed by atoms with Crippen molar-refractivity contribution in [1.29, 1.82) is 0 Å². The molecular weight excluding hydrogens is 280 g/mol. The number of nitrogens with zero attached hydrogens (tertiary/aromatic N) is 1. The van der Waals surface area contributed by atoms with Gasteiger partial charge in [-0.15, -0.1) is 10.1 Å². The minimum Gasteiger partial charge on any atom is -0.480 e. The minimum absolute atomic E-state index is 0.0588. The van der Waals surface area contributed by atoms with Gasteiger partial charge < -0.3 is 15.3 Å². The molecule has 0 saturated heterocycles. The molecule has 0 heterocycles. The molecule has 0 aromatic carbocycles. The molecular formula is C9H14N2O7S. The lowest BCUT2D eigenvalue weighted by Crippen LogP contribution is -2.48. The van der Waals surface area contributed by atoms with Gasteiger partial charge in [-0.25, -0.2) is 4.79 Å². The standard InChI is InChI=1S/C9H14N2O7S/c1-5(12)10-7(9(14)15)8(19)6(13)3-2-4-18-11(16)17/h7-8,19H,2-4H2,1H3,(H,10,12)(H,14,15). The van der Waals surface area contributed by atoms with Crippen molar-refractivity contribution in [2.24, 2.45) is 0 Å². The Labute approximate surface area is 113 Å². The molecule has 2 atom stereocenters. The summed E-state index contributed by atoms with van der Waals surface area (Å²) in [5.74, 6) is -2.53. The van der Waals surface area contributed by atoms with E-state index >= 15 is 0 Å². The molecule has 9 nitrogen and oxygen atoms in total. The Balaban J connectivity index is 4.30. The van der Waals surface area contributed by atoms with E-state index in [0.29, 0.717) is 0 Å². The van der Waals surface area contributed by atoms with Crippen LogP contribution in [0.1, 0.15) is 19.8 Å².